The van der Waals surface area contributed by atoms with E-state index in [0.717, 1.165) is 18.1 Å². The van der Waals surface area contributed by atoms with Crippen molar-refractivity contribution in [2.45, 2.75) is 13.3 Å². The van der Waals surface area contributed by atoms with Gasteiger partial charge in [-0.15, -0.1) is 0 Å². The number of likely N-dealkylation sites (N-methyl/N-ethyl adjacent to an activating group) is 1. The molecule has 1 aromatic heterocycles. The van der Waals surface area contributed by atoms with Gasteiger partial charge in [0.25, 0.3) is 0 Å². The minimum absolute atomic E-state index is 0.101. The Hall–Kier alpha value is -1.74. The third-order valence-electron chi connectivity index (χ3n) is 3.43. The summed E-state index contributed by atoms with van der Waals surface area (Å²) in [5.74, 6) is 0.741. The van der Waals surface area contributed by atoms with Crippen molar-refractivity contribution >= 4 is 28.6 Å². The first-order valence-corrected chi connectivity index (χ1v) is 8.02. The van der Waals surface area contributed by atoms with Crippen LogP contribution < -0.4 is 5.32 Å². The van der Waals surface area contributed by atoms with Gasteiger partial charge in [0.15, 0.2) is 0 Å². The van der Waals surface area contributed by atoms with E-state index in [0.29, 0.717) is 43.6 Å². The van der Waals surface area contributed by atoms with Crippen LogP contribution in [0.15, 0.2) is 0 Å². The highest BCUT2D eigenvalue weighted by molar-refractivity contribution is 7.09. The van der Waals surface area contributed by atoms with Gasteiger partial charge in [0.1, 0.15) is 5.82 Å². The molecular weight excluding hydrogens is 304 g/mol. The normalized spacial score (nSPS) is 16.1. The number of nitrogens with zero attached hydrogens (tertiary/aromatic N) is 5. The van der Waals surface area contributed by atoms with Crippen LogP contribution in [-0.2, 0) is 4.79 Å². The molecule has 8 nitrogen and oxygen atoms in total. The van der Waals surface area contributed by atoms with Crippen LogP contribution in [0.2, 0.25) is 0 Å². The summed E-state index contributed by atoms with van der Waals surface area (Å²) in [6, 6.07) is -0.224. The molecule has 0 saturated carbocycles. The summed E-state index contributed by atoms with van der Waals surface area (Å²) in [6.07, 6.45) is 0.357. The van der Waals surface area contributed by atoms with Gasteiger partial charge < -0.3 is 14.7 Å². The zero-order chi connectivity index (χ0) is 16.1. The number of nitrogens with one attached hydrogen (secondary N) is 1. The SMILES string of the molecule is Cc1nsc(NC(=O)N2CCC(=O)N(CCN(C)C)CC2)n1. The van der Waals surface area contributed by atoms with E-state index in [1.165, 1.54) is 0 Å². The molecule has 1 N–H and O–H groups in total. The molecule has 22 heavy (non-hydrogen) atoms. The van der Waals surface area contributed by atoms with Crippen molar-refractivity contribution in [3.63, 3.8) is 0 Å². The molecule has 1 aliphatic heterocycles. The van der Waals surface area contributed by atoms with E-state index in [1.54, 1.807) is 11.8 Å². The molecule has 122 valence electrons. The topological polar surface area (TPSA) is 81.7 Å². The summed E-state index contributed by atoms with van der Waals surface area (Å²) >= 11 is 1.16. The van der Waals surface area contributed by atoms with E-state index in [4.69, 9.17) is 0 Å². The van der Waals surface area contributed by atoms with Gasteiger partial charge in [0.05, 0.1) is 0 Å². The van der Waals surface area contributed by atoms with Gasteiger partial charge in [-0.25, -0.2) is 9.78 Å². The number of hydrogen-bond donors (Lipinski definition) is 1. The lowest BCUT2D eigenvalue weighted by Crippen LogP contribution is -2.40. The van der Waals surface area contributed by atoms with Crippen molar-refractivity contribution in [3.8, 4) is 0 Å². The van der Waals surface area contributed by atoms with Gasteiger partial charge in [-0.3, -0.25) is 10.1 Å². The van der Waals surface area contributed by atoms with Crippen molar-refractivity contribution in [1.82, 2.24) is 24.1 Å². The minimum Gasteiger partial charge on any atom is -0.340 e. The number of carbonyl (C=O) groups excluding carboxylic acids is 2. The van der Waals surface area contributed by atoms with Gasteiger partial charge in [-0.2, -0.15) is 4.37 Å². The smallest absolute Gasteiger partial charge is 0.323 e. The summed E-state index contributed by atoms with van der Waals surface area (Å²) in [5, 5.41) is 3.22. The zero-order valence-electron chi connectivity index (χ0n) is 13.2. The predicted octanol–water partition coefficient (Wildman–Crippen LogP) is 0.474. The number of amides is 3. The van der Waals surface area contributed by atoms with Crippen LogP contribution >= 0.6 is 11.5 Å². The molecule has 0 aliphatic carbocycles. The van der Waals surface area contributed by atoms with E-state index in [-0.39, 0.29) is 11.9 Å². The van der Waals surface area contributed by atoms with Crippen molar-refractivity contribution in [1.29, 1.82) is 0 Å². The van der Waals surface area contributed by atoms with E-state index in [9.17, 15) is 9.59 Å². The number of aryl methyl sites for hydroxylation is 1. The Balaban J connectivity index is 1.88. The molecule has 1 aromatic rings. The van der Waals surface area contributed by atoms with Crippen LogP contribution in [0.4, 0.5) is 9.93 Å². The number of carbonyl (C=O) groups is 2. The number of aromatic nitrogens is 2. The molecule has 0 aromatic carbocycles. The molecule has 3 amide bonds. The lowest BCUT2D eigenvalue weighted by molar-refractivity contribution is -0.130. The first-order valence-electron chi connectivity index (χ1n) is 7.24. The lowest BCUT2D eigenvalue weighted by atomic mass is 10.3. The minimum atomic E-state index is -0.224. The number of rotatable bonds is 4. The standard InChI is InChI=1S/C13H22N6O2S/c1-10-14-12(22-16-10)15-13(21)19-5-4-11(20)18(8-9-19)7-6-17(2)3/h4-9H2,1-3H3,(H,14,15,16,21). The fraction of sp³-hybridized carbons (Fsp3) is 0.692. The Kier molecular flexibility index (Phi) is 5.67. The van der Waals surface area contributed by atoms with Crippen LogP contribution in [0.5, 0.6) is 0 Å². The van der Waals surface area contributed by atoms with E-state index >= 15 is 0 Å². The first kappa shape index (κ1) is 16.6. The van der Waals surface area contributed by atoms with Crippen molar-refractivity contribution < 1.29 is 9.59 Å². The van der Waals surface area contributed by atoms with Crippen molar-refractivity contribution in [2.75, 3.05) is 52.1 Å². The molecule has 9 heteroatoms. The predicted molar refractivity (Wildman–Crippen MR) is 85.0 cm³/mol. The van der Waals surface area contributed by atoms with E-state index in [1.807, 2.05) is 23.9 Å². The quantitative estimate of drug-likeness (QED) is 0.870. The fourth-order valence-electron chi connectivity index (χ4n) is 2.15. The summed E-state index contributed by atoms with van der Waals surface area (Å²) < 4.78 is 4.03. The molecule has 1 aliphatic rings. The first-order chi connectivity index (χ1) is 10.5. The number of hydrogen-bond acceptors (Lipinski definition) is 6. The highest BCUT2D eigenvalue weighted by Crippen LogP contribution is 2.12. The van der Waals surface area contributed by atoms with Crippen molar-refractivity contribution in [3.05, 3.63) is 5.82 Å². The van der Waals surface area contributed by atoms with Gasteiger partial charge in [0.2, 0.25) is 11.0 Å². The van der Waals surface area contributed by atoms with E-state index in [2.05, 4.69) is 14.7 Å². The molecule has 1 saturated heterocycles. The Morgan fingerprint density at radius 3 is 2.77 bits per heavy atom. The second-order valence-corrected chi connectivity index (χ2v) is 6.25. The third kappa shape index (κ3) is 4.63. The molecule has 0 unspecified atom stereocenters. The maximum Gasteiger partial charge on any atom is 0.323 e. The van der Waals surface area contributed by atoms with Crippen LogP contribution in [0.1, 0.15) is 12.2 Å². The number of anilines is 1. The molecular formula is C13H22N6O2S. The highest BCUT2D eigenvalue weighted by atomic mass is 32.1. The highest BCUT2D eigenvalue weighted by Gasteiger charge is 2.24. The molecule has 1 fully saturated rings. The van der Waals surface area contributed by atoms with Crippen LogP contribution in [0, 0.1) is 6.92 Å². The largest absolute Gasteiger partial charge is 0.340 e. The average Bonchev–Trinajstić information content (AvgIpc) is 2.76. The molecule has 0 bridgehead atoms. The Bertz CT molecular complexity index is 532. The summed E-state index contributed by atoms with van der Waals surface area (Å²) in [6.45, 7) is 4.82. The lowest BCUT2D eigenvalue weighted by Gasteiger charge is -2.23. The van der Waals surface area contributed by atoms with Gasteiger partial charge in [-0.05, 0) is 21.0 Å². The molecule has 2 rings (SSSR count). The van der Waals surface area contributed by atoms with E-state index < -0.39 is 0 Å². The van der Waals surface area contributed by atoms with Gasteiger partial charge in [0, 0.05) is 50.7 Å². The molecule has 0 radical (unpaired) electrons. The Morgan fingerprint density at radius 1 is 1.36 bits per heavy atom. The Labute approximate surface area is 134 Å². The molecule has 0 spiro atoms. The maximum atomic E-state index is 12.2. The molecule has 0 atom stereocenters. The Morgan fingerprint density at radius 2 is 2.14 bits per heavy atom. The molecule has 2 heterocycles. The van der Waals surface area contributed by atoms with Crippen molar-refractivity contribution in [2.24, 2.45) is 0 Å². The second-order valence-electron chi connectivity index (χ2n) is 5.50. The summed E-state index contributed by atoms with van der Waals surface area (Å²) in [4.78, 5) is 33.9. The van der Waals surface area contributed by atoms with Crippen LogP contribution in [0.3, 0.4) is 0 Å². The van der Waals surface area contributed by atoms with Gasteiger partial charge >= 0.3 is 6.03 Å². The number of urea groups is 1. The van der Waals surface area contributed by atoms with Crippen LogP contribution in [0.25, 0.3) is 0 Å². The van der Waals surface area contributed by atoms with Crippen LogP contribution in [-0.4, -0.2) is 82.8 Å². The fourth-order valence-corrected chi connectivity index (χ4v) is 2.71. The summed E-state index contributed by atoms with van der Waals surface area (Å²) in [7, 11) is 3.96. The third-order valence-corrected chi connectivity index (χ3v) is 4.16. The summed E-state index contributed by atoms with van der Waals surface area (Å²) in [5.41, 5.74) is 0. The van der Waals surface area contributed by atoms with Gasteiger partial charge in [-0.1, -0.05) is 0 Å². The zero-order valence-corrected chi connectivity index (χ0v) is 14.0. The average molecular weight is 326 g/mol. The maximum absolute atomic E-state index is 12.2. The second kappa shape index (κ2) is 7.50. The monoisotopic (exact) mass is 326 g/mol.